The number of carbonyl (C=O) groups excluding carboxylic acids is 3. The van der Waals surface area contributed by atoms with Crippen LogP contribution < -0.4 is 10.6 Å². The second-order valence-electron chi connectivity index (χ2n) is 9.52. The Kier molecular flexibility index (Phi) is 11.6. The molecule has 41 heavy (non-hydrogen) atoms. The number of aromatic nitrogens is 1. The summed E-state index contributed by atoms with van der Waals surface area (Å²) in [6, 6.07) is 8.90. The van der Waals surface area contributed by atoms with E-state index >= 15 is 0 Å². The maximum Gasteiger partial charge on any atom is 0.412 e. The molecule has 220 valence electrons. The third-order valence-electron chi connectivity index (χ3n) is 6.04. The number of carbonyl (C=O) groups is 3. The van der Waals surface area contributed by atoms with Crippen LogP contribution in [0, 0.1) is 11.6 Å². The number of nitrogens with zero attached hydrogens (tertiary/aromatic N) is 3. The molecule has 0 saturated carbocycles. The van der Waals surface area contributed by atoms with E-state index in [9.17, 15) is 23.2 Å². The van der Waals surface area contributed by atoms with Crippen molar-refractivity contribution in [1.29, 1.82) is 0 Å². The van der Waals surface area contributed by atoms with Gasteiger partial charge in [0.2, 0.25) is 0 Å². The van der Waals surface area contributed by atoms with Crippen molar-refractivity contribution in [2.24, 2.45) is 0 Å². The number of likely N-dealkylation sites (N-methyl/N-ethyl adjacent to an activating group) is 2. The molecule has 0 aliphatic heterocycles. The van der Waals surface area contributed by atoms with Crippen LogP contribution in [0.15, 0.2) is 48.7 Å². The first-order valence-electron chi connectivity index (χ1n) is 12.8. The first-order valence-corrected chi connectivity index (χ1v) is 13.1. The van der Waals surface area contributed by atoms with Gasteiger partial charge in [-0.2, -0.15) is 0 Å². The van der Waals surface area contributed by atoms with E-state index in [-0.39, 0.29) is 43.1 Å². The number of hydrogen-bond donors (Lipinski definition) is 2. The highest BCUT2D eigenvalue weighted by Gasteiger charge is 2.22. The largest absolute Gasteiger partial charge is 0.465 e. The lowest BCUT2D eigenvalue weighted by molar-refractivity contribution is -0.144. The molecule has 1 atom stereocenters. The number of ether oxygens (including phenoxy) is 2. The maximum absolute atomic E-state index is 13.7. The van der Waals surface area contributed by atoms with Crippen molar-refractivity contribution in [1.82, 2.24) is 20.1 Å². The van der Waals surface area contributed by atoms with E-state index < -0.39 is 29.8 Å². The zero-order chi connectivity index (χ0) is 29.9. The predicted octanol–water partition coefficient (Wildman–Crippen LogP) is 4.81. The Morgan fingerprint density at radius 2 is 1.83 bits per heavy atom. The highest BCUT2D eigenvalue weighted by Crippen LogP contribution is 2.20. The van der Waals surface area contributed by atoms with Gasteiger partial charge in [-0.1, -0.05) is 23.7 Å². The number of nitrogens with one attached hydrogen (secondary N) is 2. The molecule has 3 aromatic rings. The van der Waals surface area contributed by atoms with E-state index in [1.807, 2.05) is 0 Å². The second-order valence-corrected chi connectivity index (χ2v) is 9.90. The molecule has 3 rings (SSSR count). The van der Waals surface area contributed by atoms with Crippen LogP contribution in [0.3, 0.4) is 0 Å². The van der Waals surface area contributed by atoms with Gasteiger partial charge in [0.15, 0.2) is 0 Å². The predicted molar refractivity (Wildman–Crippen MR) is 151 cm³/mol. The summed E-state index contributed by atoms with van der Waals surface area (Å²) < 4.78 is 37.9. The molecule has 0 fully saturated rings. The minimum absolute atomic E-state index is 0.0236. The number of halogens is 3. The molecule has 1 heterocycles. The van der Waals surface area contributed by atoms with E-state index in [2.05, 4.69) is 15.6 Å². The van der Waals surface area contributed by atoms with Gasteiger partial charge in [0, 0.05) is 25.2 Å². The molecular formula is C28H32ClF2N5O5. The Labute approximate surface area is 241 Å². The zero-order valence-corrected chi connectivity index (χ0v) is 23.7. The van der Waals surface area contributed by atoms with Crippen LogP contribution in [-0.2, 0) is 20.8 Å². The van der Waals surface area contributed by atoms with Gasteiger partial charge in [-0.15, -0.1) is 0 Å². The summed E-state index contributed by atoms with van der Waals surface area (Å²) >= 11 is 5.98. The van der Waals surface area contributed by atoms with E-state index in [4.69, 9.17) is 21.1 Å². The van der Waals surface area contributed by atoms with Crippen LogP contribution in [0.25, 0.3) is 10.8 Å². The molecule has 10 nitrogen and oxygen atoms in total. The molecular weight excluding hydrogens is 560 g/mol. The summed E-state index contributed by atoms with van der Waals surface area (Å²) in [5.41, 5.74) is 0.399. The molecule has 0 bridgehead atoms. The first kappa shape index (κ1) is 31.5. The molecule has 0 radical (unpaired) electrons. The van der Waals surface area contributed by atoms with Crippen molar-refractivity contribution in [2.75, 3.05) is 46.2 Å². The zero-order valence-electron chi connectivity index (χ0n) is 23.0. The number of rotatable bonds is 12. The van der Waals surface area contributed by atoms with E-state index in [1.165, 1.54) is 48.5 Å². The summed E-state index contributed by atoms with van der Waals surface area (Å²) in [6.45, 7) is 0.0307. The fraction of sp³-hybridized carbons (Fsp3) is 0.357. The molecule has 13 heteroatoms. The maximum atomic E-state index is 13.7. The monoisotopic (exact) mass is 591 g/mol. The molecule has 2 aromatic carbocycles. The molecule has 0 saturated heterocycles. The lowest BCUT2D eigenvalue weighted by Gasteiger charge is -2.28. The number of anilines is 1. The summed E-state index contributed by atoms with van der Waals surface area (Å²) in [5.74, 6) is -1.24. The van der Waals surface area contributed by atoms with Crippen LogP contribution in [0.4, 0.5) is 24.2 Å². The van der Waals surface area contributed by atoms with Crippen LogP contribution in [0.2, 0.25) is 5.02 Å². The Bertz CT molecular complexity index is 1380. The van der Waals surface area contributed by atoms with Crippen molar-refractivity contribution >= 4 is 46.3 Å². The van der Waals surface area contributed by atoms with Gasteiger partial charge in [0.1, 0.15) is 24.1 Å². The van der Waals surface area contributed by atoms with Crippen molar-refractivity contribution in [3.8, 4) is 0 Å². The highest BCUT2D eigenvalue weighted by molar-refractivity contribution is 6.31. The number of hydrogen-bond acceptors (Lipinski definition) is 7. The number of fused-ring (bicyclic) bond motifs is 1. The molecule has 0 unspecified atom stereocenters. The van der Waals surface area contributed by atoms with Crippen LogP contribution in [0.5, 0.6) is 0 Å². The first-order chi connectivity index (χ1) is 19.5. The summed E-state index contributed by atoms with van der Waals surface area (Å²) in [5, 5.41) is 6.33. The Balaban J connectivity index is 1.60. The minimum atomic E-state index is -0.823. The van der Waals surface area contributed by atoms with Gasteiger partial charge < -0.3 is 19.7 Å². The molecule has 0 spiro atoms. The summed E-state index contributed by atoms with van der Waals surface area (Å²) in [4.78, 5) is 44.4. The number of benzene rings is 2. The van der Waals surface area contributed by atoms with Crippen LogP contribution in [-0.4, -0.2) is 79.8 Å². The molecule has 3 amide bonds. The molecule has 0 aliphatic carbocycles. The van der Waals surface area contributed by atoms with Crippen LogP contribution >= 0.6 is 11.6 Å². The fourth-order valence-corrected chi connectivity index (χ4v) is 4.03. The topological polar surface area (TPSA) is 113 Å². The number of esters is 1. The minimum Gasteiger partial charge on any atom is -0.465 e. The Hall–Kier alpha value is -4.03. The van der Waals surface area contributed by atoms with Gasteiger partial charge in [-0.25, -0.2) is 23.4 Å². The lowest BCUT2D eigenvalue weighted by atomic mass is 10.1. The van der Waals surface area contributed by atoms with Gasteiger partial charge >= 0.3 is 18.1 Å². The third kappa shape index (κ3) is 9.83. The highest BCUT2D eigenvalue weighted by atomic mass is 35.5. The molecule has 1 aromatic heterocycles. The van der Waals surface area contributed by atoms with Gasteiger partial charge in [-0.3, -0.25) is 15.0 Å². The fourth-order valence-electron chi connectivity index (χ4n) is 3.84. The number of pyridine rings is 1. The average molecular weight is 592 g/mol. The van der Waals surface area contributed by atoms with Crippen molar-refractivity contribution in [3.05, 3.63) is 70.9 Å². The van der Waals surface area contributed by atoms with Crippen molar-refractivity contribution in [2.45, 2.75) is 25.4 Å². The SMILES string of the molecule is CN(C)CC(=O)OCCC[C@@H](COC(=O)Nc1cc2cc(F)ccc2cn1)N(C)C(=O)NCc1cccc(F)c1Cl. The Morgan fingerprint density at radius 1 is 1.05 bits per heavy atom. The van der Waals surface area contributed by atoms with E-state index in [0.29, 0.717) is 29.2 Å². The Morgan fingerprint density at radius 3 is 2.59 bits per heavy atom. The molecule has 2 N–H and O–H groups in total. The van der Waals surface area contributed by atoms with Gasteiger partial charge in [0.05, 0.1) is 24.2 Å². The standard InChI is InChI=1S/C28H32ClF2N5O5/c1-35(2)16-25(37)40-11-5-7-22(36(3)27(38)33-15-19-6-4-8-23(31)26(19)29)17-41-28(39)34-24-13-20-12-21(30)10-9-18(20)14-32-24/h4,6,8-10,12-14,22H,5,7,11,15-17H2,1-3H3,(H,33,38)(H,32,34,39)/t22-/m0/s1. The van der Waals surface area contributed by atoms with Gasteiger partial charge in [-0.05, 0) is 68.2 Å². The van der Waals surface area contributed by atoms with Crippen molar-refractivity contribution in [3.63, 3.8) is 0 Å². The number of amides is 3. The van der Waals surface area contributed by atoms with E-state index in [0.717, 1.165) is 0 Å². The lowest BCUT2D eigenvalue weighted by Crippen LogP contribution is -2.46. The smallest absolute Gasteiger partial charge is 0.412 e. The normalized spacial score (nSPS) is 11.7. The van der Waals surface area contributed by atoms with Crippen molar-refractivity contribution < 1.29 is 32.6 Å². The molecule has 0 aliphatic rings. The third-order valence-corrected chi connectivity index (χ3v) is 6.46. The van der Waals surface area contributed by atoms with Gasteiger partial charge in [0.25, 0.3) is 0 Å². The summed E-state index contributed by atoms with van der Waals surface area (Å²) in [6.07, 6.45) is 1.39. The summed E-state index contributed by atoms with van der Waals surface area (Å²) in [7, 11) is 5.01. The average Bonchev–Trinajstić information content (AvgIpc) is 2.92. The quantitative estimate of drug-likeness (QED) is 0.230. The van der Waals surface area contributed by atoms with Crippen LogP contribution in [0.1, 0.15) is 18.4 Å². The van der Waals surface area contributed by atoms with E-state index in [1.54, 1.807) is 31.1 Å². The second kappa shape index (κ2) is 15.1. The number of urea groups is 1.